The monoisotopic (exact) mass is 305 g/mol. The van der Waals surface area contributed by atoms with Crippen molar-refractivity contribution in [2.45, 2.75) is 37.3 Å². The molecule has 2 atom stereocenters. The van der Waals surface area contributed by atoms with E-state index in [2.05, 4.69) is 12.1 Å². The number of carbonyl (C=O) groups excluding carboxylic acids is 2. The number of hydrogen-bond donors (Lipinski definition) is 0. The lowest BCUT2D eigenvalue weighted by atomic mass is 9.78. The quantitative estimate of drug-likeness (QED) is 0.815. The highest BCUT2D eigenvalue weighted by atomic mass is 16.2. The van der Waals surface area contributed by atoms with Gasteiger partial charge in [-0.3, -0.25) is 9.59 Å². The molecule has 0 bridgehead atoms. The van der Waals surface area contributed by atoms with Crippen LogP contribution in [0.15, 0.2) is 60.7 Å². The number of hydrogen-bond acceptors (Lipinski definition) is 2. The Labute approximate surface area is 135 Å². The van der Waals surface area contributed by atoms with E-state index < -0.39 is 5.54 Å². The molecule has 2 aliphatic rings. The van der Waals surface area contributed by atoms with E-state index in [9.17, 15) is 9.59 Å². The molecule has 116 valence electrons. The molecular formula is C20H19NO2. The first kappa shape index (κ1) is 14.2. The number of carbonyl (C=O) groups is 2. The highest BCUT2D eigenvalue weighted by Crippen LogP contribution is 2.45. The number of ketones is 1. The minimum atomic E-state index is -0.585. The summed E-state index contributed by atoms with van der Waals surface area (Å²) in [6.07, 6.45) is 2.25. The van der Waals surface area contributed by atoms with Gasteiger partial charge in [-0.25, -0.2) is 0 Å². The number of fused-ring (bicyclic) bond motifs is 1. The highest BCUT2D eigenvalue weighted by Gasteiger charge is 2.62. The normalized spacial score (nSPS) is 26.1. The first-order valence-corrected chi connectivity index (χ1v) is 8.12. The van der Waals surface area contributed by atoms with E-state index in [1.165, 1.54) is 5.56 Å². The van der Waals surface area contributed by atoms with Crippen molar-refractivity contribution in [3.8, 4) is 0 Å². The maximum atomic E-state index is 12.7. The lowest BCUT2D eigenvalue weighted by molar-refractivity contribution is -0.160. The Hall–Kier alpha value is -2.42. The predicted octanol–water partition coefficient (Wildman–Crippen LogP) is 2.78. The van der Waals surface area contributed by atoms with Crippen LogP contribution in [0.5, 0.6) is 0 Å². The second-order valence-corrected chi connectivity index (χ2v) is 6.61. The molecule has 3 nitrogen and oxygen atoms in total. The third-order valence-corrected chi connectivity index (χ3v) is 5.13. The smallest absolute Gasteiger partial charge is 0.226 e. The molecule has 4 rings (SSSR count). The Morgan fingerprint density at radius 1 is 0.913 bits per heavy atom. The van der Waals surface area contributed by atoms with Gasteiger partial charge in [-0.2, -0.15) is 0 Å². The van der Waals surface area contributed by atoms with Crippen LogP contribution in [0.4, 0.5) is 0 Å². The van der Waals surface area contributed by atoms with Crippen LogP contribution in [0, 0.1) is 0 Å². The van der Waals surface area contributed by atoms with Crippen molar-refractivity contribution in [1.82, 2.24) is 4.90 Å². The van der Waals surface area contributed by atoms with Gasteiger partial charge >= 0.3 is 0 Å². The molecule has 2 fully saturated rings. The van der Waals surface area contributed by atoms with Gasteiger partial charge in [-0.15, -0.1) is 0 Å². The molecule has 1 unspecified atom stereocenters. The van der Waals surface area contributed by atoms with Gasteiger partial charge in [0.25, 0.3) is 0 Å². The summed E-state index contributed by atoms with van der Waals surface area (Å²) in [6, 6.07) is 20.1. The fourth-order valence-corrected chi connectivity index (χ4v) is 4.08. The molecule has 3 heteroatoms. The van der Waals surface area contributed by atoms with Crippen molar-refractivity contribution < 1.29 is 9.59 Å². The average molecular weight is 305 g/mol. The largest absolute Gasteiger partial charge is 0.325 e. The lowest BCUT2D eigenvalue weighted by Crippen LogP contribution is -2.66. The second kappa shape index (κ2) is 5.34. The molecule has 2 aliphatic heterocycles. The third kappa shape index (κ3) is 2.27. The Balaban J connectivity index is 1.59. The number of rotatable bonds is 4. The summed E-state index contributed by atoms with van der Waals surface area (Å²) < 4.78 is 0. The van der Waals surface area contributed by atoms with Gasteiger partial charge in [-0.1, -0.05) is 60.7 Å². The van der Waals surface area contributed by atoms with E-state index in [0.29, 0.717) is 19.3 Å². The summed E-state index contributed by atoms with van der Waals surface area (Å²) in [5.74, 6) is 0.342. The minimum absolute atomic E-state index is 0.00913. The molecule has 0 N–H and O–H groups in total. The Bertz CT molecular complexity index is 741. The van der Waals surface area contributed by atoms with Crippen LogP contribution in [0.25, 0.3) is 0 Å². The van der Waals surface area contributed by atoms with Crippen molar-refractivity contribution in [2.75, 3.05) is 0 Å². The van der Waals surface area contributed by atoms with Crippen LogP contribution in [-0.4, -0.2) is 28.2 Å². The first-order valence-electron chi connectivity index (χ1n) is 8.12. The van der Waals surface area contributed by atoms with E-state index in [4.69, 9.17) is 0 Å². The summed E-state index contributed by atoms with van der Waals surface area (Å²) in [6.45, 7) is 0. The molecule has 2 aromatic carbocycles. The van der Waals surface area contributed by atoms with Crippen LogP contribution in [0.1, 0.15) is 24.0 Å². The van der Waals surface area contributed by atoms with Gasteiger partial charge in [0, 0.05) is 18.9 Å². The van der Waals surface area contributed by atoms with E-state index in [0.717, 1.165) is 12.0 Å². The van der Waals surface area contributed by atoms with Gasteiger partial charge in [0.1, 0.15) is 5.54 Å². The Morgan fingerprint density at radius 2 is 1.52 bits per heavy atom. The molecule has 1 amide bonds. The highest BCUT2D eigenvalue weighted by molar-refractivity contribution is 6.06. The molecule has 0 spiro atoms. The Morgan fingerprint density at radius 3 is 2.13 bits per heavy atom. The standard InChI is InChI=1S/C20H19NO2/c22-18-12-17(11-15-7-3-1-4-8-15)21-19(23)14-20(18,21)13-16-9-5-2-6-10-16/h1-10,17H,11-14H2/t17-,20?/m0/s1. The Kier molecular flexibility index (Phi) is 3.29. The number of Topliss-reactive ketones (excluding diaryl/α,β-unsaturated/α-hetero) is 1. The van der Waals surface area contributed by atoms with Gasteiger partial charge in [0.05, 0.1) is 6.42 Å². The van der Waals surface area contributed by atoms with Gasteiger partial charge in [0.15, 0.2) is 5.78 Å². The van der Waals surface area contributed by atoms with Gasteiger partial charge in [0.2, 0.25) is 5.91 Å². The summed E-state index contributed by atoms with van der Waals surface area (Å²) in [5.41, 5.74) is 1.72. The van der Waals surface area contributed by atoms with Crippen molar-refractivity contribution >= 4 is 11.7 Å². The zero-order valence-corrected chi connectivity index (χ0v) is 12.9. The third-order valence-electron chi connectivity index (χ3n) is 5.13. The molecule has 0 aromatic heterocycles. The van der Waals surface area contributed by atoms with Crippen molar-refractivity contribution in [2.24, 2.45) is 0 Å². The summed E-state index contributed by atoms with van der Waals surface area (Å²) in [4.78, 5) is 26.8. The molecule has 2 heterocycles. The molecule has 2 saturated heterocycles. The van der Waals surface area contributed by atoms with E-state index >= 15 is 0 Å². The summed E-state index contributed by atoms with van der Waals surface area (Å²) in [7, 11) is 0. The molecular weight excluding hydrogens is 286 g/mol. The SMILES string of the molecule is O=C1CC2(Cc3ccccc3)C(=O)C[C@H](Cc3ccccc3)N12. The predicted molar refractivity (Wildman–Crippen MR) is 87.9 cm³/mol. The van der Waals surface area contributed by atoms with Crippen LogP contribution in [0.3, 0.4) is 0 Å². The average Bonchev–Trinajstić information content (AvgIpc) is 2.75. The van der Waals surface area contributed by atoms with Crippen molar-refractivity contribution in [3.05, 3.63) is 71.8 Å². The van der Waals surface area contributed by atoms with E-state index in [1.807, 2.05) is 53.4 Å². The molecule has 0 saturated carbocycles. The van der Waals surface area contributed by atoms with Crippen molar-refractivity contribution in [3.63, 3.8) is 0 Å². The molecule has 23 heavy (non-hydrogen) atoms. The number of nitrogens with zero attached hydrogens (tertiary/aromatic N) is 1. The topological polar surface area (TPSA) is 37.4 Å². The number of benzene rings is 2. The molecule has 0 radical (unpaired) electrons. The van der Waals surface area contributed by atoms with Crippen LogP contribution < -0.4 is 0 Å². The first-order chi connectivity index (χ1) is 11.2. The van der Waals surface area contributed by atoms with E-state index in [1.54, 1.807) is 0 Å². The number of amides is 1. The van der Waals surface area contributed by atoms with Crippen LogP contribution in [0.2, 0.25) is 0 Å². The zero-order valence-electron chi connectivity index (χ0n) is 12.9. The maximum Gasteiger partial charge on any atom is 0.226 e. The minimum Gasteiger partial charge on any atom is -0.325 e. The molecule has 2 aromatic rings. The maximum absolute atomic E-state index is 12.7. The van der Waals surface area contributed by atoms with Gasteiger partial charge in [-0.05, 0) is 17.5 Å². The van der Waals surface area contributed by atoms with Crippen molar-refractivity contribution in [1.29, 1.82) is 0 Å². The summed E-state index contributed by atoms with van der Waals surface area (Å²) in [5, 5.41) is 0. The lowest BCUT2D eigenvalue weighted by Gasteiger charge is -2.48. The summed E-state index contributed by atoms with van der Waals surface area (Å²) >= 11 is 0. The van der Waals surface area contributed by atoms with Crippen LogP contribution in [-0.2, 0) is 22.4 Å². The van der Waals surface area contributed by atoms with E-state index in [-0.39, 0.29) is 17.7 Å². The van der Waals surface area contributed by atoms with Crippen LogP contribution >= 0.6 is 0 Å². The number of β-lactam (4-membered cyclic amide) rings is 1. The second-order valence-electron chi connectivity index (χ2n) is 6.61. The fraction of sp³-hybridized carbons (Fsp3) is 0.300. The molecule has 0 aliphatic carbocycles. The zero-order chi connectivity index (χ0) is 15.9. The van der Waals surface area contributed by atoms with Gasteiger partial charge < -0.3 is 4.90 Å². The fourth-order valence-electron chi connectivity index (χ4n) is 4.08.